The summed E-state index contributed by atoms with van der Waals surface area (Å²) >= 11 is 0. The van der Waals surface area contributed by atoms with Gasteiger partial charge in [-0.05, 0) is 25.5 Å². The Balaban J connectivity index is 1.57. The summed E-state index contributed by atoms with van der Waals surface area (Å²) in [6, 6.07) is 4.54. The number of unbranched alkanes of at least 4 members (excludes halogenated alkanes) is 3. The number of fused-ring (bicyclic) bond motifs is 1. The lowest BCUT2D eigenvalue weighted by Gasteiger charge is -2.21. The van der Waals surface area contributed by atoms with Gasteiger partial charge in [0.2, 0.25) is 5.91 Å². The molecule has 0 bridgehead atoms. The second kappa shape index (κ2) is 8.50. The lowest BCUT2D eigenvalue weighted by Crippen LogP contribution is -2.44. The van der Waals surface area contributed by atoms with Crippen LogP contribution in [0, 0.1) is 0 Å². The zero-order valence-corrected chi connectivity index (χ0v) is 16.4. The van der Waals surface area contributed by atoms with Gasteiger partial charge in [-0.2, -0.15) is 0 Å². The van der Waals surface area contributed by atoms with Crippen molar-refractivity contribution in [3.63, 3.8) is 0 Å². The van der Waals surface area contributed by atoms with Gasteiger partial charge in [0.25, 0.3) is 5.91 Å². The van der Waals surface area contributed by atoms with E-state index < -0.39 is 17.5 Å². The minimum absolute atomic E-state index is 0.330. The van der Waals surface area contributed by atoms with Crippen molar-refractivity contribution in [3.8, 4) is 11.5 Å². The lowest BCUT2D eigenvalue weighted by molar-refractivity contribution is -0.133. The highest BCUT2D eigenvalue weighted by Gasteiger charge is 2.47. The number of hydrogen-bond acceptors (Lipinski definition) is 5. The minimum atomic E-state index is -0.942. The number of rotatable bonds is 8. The number of benzene rings is 1. The first kappa shape index (κ1) is 20.0. The van der Waals surface area contributed by atoms with Crippen molar-refractivity contribution in [2.45, 2.75) is 51.5 Å². The summed E-state index contributed by atoms with van der Waals surface area (Å²) in [7, 11) is 0. The smallest absolute Gasteiger partial charge is 0.325 e. The van der Waals surface area contributed by atoms with Crippen LogP contribution < -0.4 is 20.1 Å². The normalized spacial score (nSPS) is 20.9. The molecule has 0 aromatic heterocycles. The quantitative estimate of drug-likeness (QED) is 0.526. The Labute approximate surface area is 164 Å². The Morgan fingerprint density at radius 1 is 1.18 bits per heavy atom. The van der Waals surface area contributed by atoms with Crippen LogP contribution in [-0.4, -0.2) is 48.0 Å². The molecule has 1 atom stereocenters. The number of carbonyl (C=O) groups is 3. The molecule has 1 saturated heterocycles. The summed E-state index contributed by atoms with van der Waals surface area (Å²) < 4.78 is 10.9. The molecule has 28 heavy (non-hydrogen) atoms. The molecular weight excluding hydrogens is 362 g/mol. The van der Waals surface area contributed by atoms with Crippen LogP contribution >= 0.6 is 0 Å². The summed E-state index contributed by atoms with van der Waals surface area (Å²) in [5, 5.41) is 5.44. The van der Waals surface area contributed by atoms with E-state index in [-0.39, 0.29) is 12.5 Å². The molecule has 4 amide bonds. The Bertz CT molecular complexity index is 766. The van der Waals surface area contributed by atoms with E-state index in [0.29, 0.717) is 36.8 Å². The summed E-state index contributed by atoms with van der Waals surface area (Å²) in [6.45, 7) is 4.44. The molecular formula is C20H27N3O5. The van der Waals surface area contributed by atoms with Crippen molar-refractivity contribution < 1.29 is 23.9 Å². The molecule has 1 unspecified atom stereocenters. The van der Waals surface area contributed by atoms with Gasteiger partial charge < -0.3 is 20.1 Å². The first-order valence-corrected chi connectivity index (χ1v) is 9.76. The van der Waals surface area contributed by atoms with Crippen molar-refractivity contribution in [1.82, 2.24) is 10.2 Å². The number of nitrogens with zero attached hydrogens (tertiary/aromatic N) is 1. The van der Waals surface area contributed by atoms with Gasteiger partial charge in [0, 0.05) is 11.8 Å². The van der Waals surface area contributed by atoms with Crippen molar-refractivity contribution in [2.24, 2.45) is 0 Å². The molecule has 1 fully saturated rings. The third-order valence-corrected chi connectivity index (χ3v) is 5.00. The van der Waals surface area contributed by atoms with Gasteiger partial charge in [-0.15, -0.1) is 0 Å². The van der Waals surface area contributed by atoms with Crippen molar-refractivity contribution in [3.05, 3.63) is 18.2 Å². The summed E-state index contributed by atoms with van der Waals surface area (Å²) in [6.07, 6.45) is 4.63. The molecule has 2 N–H and O–H groups in total. The Kier molecular flexibility index (Phi) is 6.06. The lowest BCUT2D eigenvalue weighted by atomic mass is 9.94. The van der Waals surface area contributed by atoms with Crippen LogP contribution in [0.3, 0.4) is 0 Å². The van der Waals surface area contributed by atoms with Gasteiger partial charge in [-0.25, -0.2) is 4.79 Å². The molecule has 1 aromatic rings. The van der Waals surface area contributed by atoms with Crippen LogP contribution in [0.5, 0.6) is 11.5 Å². The maximum Gasteiger partial charge on any atom is 0.325 e. The number of amides is 4. The number of urea groups is 1. The highest BCUT2D eigenvalue weighted by Crippen LogP contribution is 2.32. The first-order chi connectivity index (χ1) is 13.4. The van der Waals surface area contributed by atoms with Gasteiger partial charge in [0.15, 0.2) is 11.5 Å². The highest BCUT2D eigenvalue weighted by molar-refractivity contribution is 6.09. The molecule has 2 heterocycles. The third kappa shape index (κ3) is 4.37. The maximum atomic E-state index is 12.7. The SMILES string of the molecule is CCCCCCC1(C)NC(=O)N(CC(=O)Nc2ccc3c(c2)OCCO3)C1=O. The molecule has 3 rings (SSSR count). The summed E-state index contributed by atoms with van der Waals surface area (Å²) in [4.78, 5) is 38.3. The van der Waals surface area contributed by atoms with E-state index in [2.05, 4.69) is 17.6 Å². The molecule has 152 valence electrons. The minimum Gasteiger partial charge on any atom is -0.486 e. The standard InChI is InChI=1S/C20H27N3O5/c1-3-4-5-6-9-20(2)18(25)23(19(26)22-20)13-17(24)21-14-7-8-15-16(12-14)28-11-10-27-15/h7-8,12H,3-6,9-11,13H2,1-2H3,(H,21,24)(H,22,26). The zero-order valence-electron chi connectivity index (χ0n) is 16.4. The summed E-state index contributed by atoms with van der Waals surface area (Å²) in [5.41, 5.74) is -0.425. The second-order valence-corrected chi connectivity index (χ2v) is 7.37. The van der Waals surface area contributed by atoms with Crippen LogP contribution in [0.15, 0.2) is 18.2 Å². The monoisotopic (exact) mass is 389 g/mol. The zero-order chi connectivity index (χ0) is 20.1. The maximum absolute atomic E-state index is 12.7. The van der Waals surface area contributed by atoms with E-state index in [1.165, 1.54) is 0 Å². The fourth-order valence-electron chi connectivity index (χ4n) is 3.43. The van der Waals surface area contributed by atoms with E-state index in [4.69, 9.17) is 9.47 Å². The van der Waals surface area contributed by atoms with Gasteiger partial charge in [0.1, 0.15) is 25.3 Å². The first-order valence-electron chi connectivity index (χ1n) is 9.76. The van der Waals surface area contributed by atoms with Crippen molar-refractivity contribution in [1.29, 1.82) is 0 Å². The number of ether oxygens (including phenoxy) is 2. The summed E-state index contributed by atoms with van der Waals surface area (Å²) in [5.74, 6) is 0.373. The highest BCUT2D eigenvalue weighted by atomic mass is 16.6. The fraction of sp³-hybridized carbons (Fsp3) is 0.550. The number of imide groups is 1. The van der Waals surface area contributed by atoms with E-state index >= 15 is 0 Å². The van der Waals surface area contributed by atoms with E-state index in [9.17, 15) is 14.4 Å². The topological polar surface area (TPSA) is 97.0 Å². The van der Waals surface area contributed by atoms with Crippen LogP contribution in [0.1, 0.15) is 46.0 Å². The average molecular weight is 389 g/mol. The molecule has 2 aliphatic rings. The van der Waals surface area contributed by atoms with Gasteiger partial charge in [-0.1, -0.05) is 32.6 Å². The molecule has 0 spiro atoms. The second-order valence-electron chi connectivity index (χ2n) is 7.37. The average Bonchev–Trinajstić information content (AvgIpc) is 2.88. The molecule has 1 aromatic carbocycles. The number of carbonyl (C=O) groups excluding carboxylic acids is 3. The Morgan fingerprint density at radius 2 is 1.93 bits per heavy atom. The van der Waals surface area contributed by atoms with Crippen LogP contribution in [0.25, 0.3) is 0 Å². The van der Waals surface area contributed by atoms with E-state index in [1.807, 2.05) is 0 Å². The number of hydrogen-bond donors (Lipinski definition) is 2. The van der Waals surface area contributed by atoms with Crippen molar-refractivity contribution in [2.75, 3.05) is 25.1 Å². The van der Waals surface area contributed by atoms with Crippen LogP contribution in [0.2, 0.25) is 0 Å². The van der Waals surface area contributed by atoms with Crippen LogP contribution in [0.4, 0.5) is 10.5 Å². The predicted molar refractivity (Wildman–Crippen MR) is 103 cm³/mol. The fourth-order valence-corrected chi connectivity index (χ4v) is 3.43. The molecule has 2 aliphatic heterocycles. The Hall–Kier alpha value is -2.77. The third-order valence-electron chi connectivity index (χ3n) is 5.00. The predicted octanol–water partition coefficient (Wildman–Crippen LogP) is 2.68. The molecule has 0 saturated carbocycles. The van der Waals surface area contributed by atoms with Gasteiger partial charge >= 0.3 is 6.03 Å². The molecule has 0 radical (unpaired) electrons. The van der Waals surface area contributed by atoms with E-state index in [1.54, 1.807) is 25.1 Å². The van der Waals surface area contributed by atoms with Gasteiger partial charge in [-0.3, -0.25) is 14.5 Å². The Morgan fingerprint density at radius 3 is 2.68 bits per heavy atom. The van der Waals surface area contributed by atoms with E-state index in [0.717, 1.165) is 30.6 Å². The van der Waals surface area contributed by atoms with Gasteiger partial charge in [0.05, 0.1) is 0 Å². The van der Waals surface area contributed by atoms with Crippen molar-refractivity contribution >= 4 is 23.5 Å². The molecule has 8 heteroatoms. The number of nitrogens with one attached hydrogen (secondary N) is 2. The molecule has 0 aliphatic carbocycles. The largest absolute Gasteiger partial charge is 0.486 e. The number of anilines is 1. The molecule has 8 nitrogen and oxygen atoms in total. The van der Waals surface area contributed by atoms with Crippen LogP contribution in [-0.2, 0) is 9.59 Å².